The molecule has 6 aliphatic rings. The van der Waals surface area contributed by atoms with E-state index in [1.807, 2.05) is 123 Å². The van der Waals surface area contributed by atoms with Crippen LogP contribution in [0.15, 0.2) is 145 Å². The lowest BCUT2D eigenvalue weighted by Crippen LogP contribution is -2.05. The molecule has 6 aromatic heterocycles. The number of para-hydroxylation sites is 1. The first-order valence-corrected chi connectivity index (χ1v) is 35.4. The molecule has 0 bridgehead atoms. The second kappa shape index (κ2) is 32.7. The number of rotatable bonds is 3. The van der Waals surface area contributed by atoms with Crippen LogP contribution in [0.5, 0.6) is 11.5 Å². The Hall–Kier alpha value is -19.3. The van der Waals surface area contributed by atoms with Crippen molar-refractivity contribution < 1.29 is 37.8 Å². The van der Waals surface area contributed by atoms with E-state index in [9.17, 15) is 38.9 Å². The average molecular weight is 1610 g/mol. The number of aryl methyl sites for hydroxylation is 2. The molecule has 0 amide bonds. The quantitative estimate of drug-likeness (QED) is 0.158. The molecule has 0 aliphatic heterocycles. The summed E-state index contributed by atoms with van der Waals surface area (Å²) in [5.74, 6) is -1.48. The summed E-state index contributed by atoms with van der Waals surface area (Å²) in [6.45, 7) is 3.74. The van der Waals surface area contributed by atoms with Gasteiger partial charge in [-0.05, 0) is 80.1 Å². The third-order valence-electron chi connectivity index (χ3n) is 18.8. The molecule has 0 saturated carbocycles. The van der Waals surface area contributed by atoms with E-state index >= 15 is 0 Å². The van der Waals surface area contributed by atoms with E-state index in [0.29, 0.717) is 95.2 Å². The largest absolute Gasteiger partial charge is 0.496 e. The van der Waals surface area contributed by atoms with Gasteiger partial charge in [-0.25, -0.2) is 69.2 Å². The Morgan fingerprint density at radius 2 is 0.631 bits per heavy atom. The molecule has 32 nitrogen and oxygen atoms in total. The Morgan fingerprint density at radius 1 is 0.295 bits per heavy atom. The molecule has 0 N–H and O–H groups in total. The van der Waals surface area contributed by atoms with Crippen LogP contribution in [-0.4, -0.2) is 109 Å². The summed E-state index contributed by atoms with van der Waals surface area (Å²) in [4.78, 5) is 115. The Labute approximate surface area is 691 Å². The first-order chi connectivity index (χ1) is 59.1. The standard InChI is InChI=1S/C19H9N5.C15H8N4O3.2C14H6N4O.C13H3ClN4O.C13H3FN4O/c20-10-15-16(11-21)24-19-17(22-12-6-2-1-3-7-12)13-8-4-5-9-14(13)18(19)23-15;1-21-9-3-4-10(22-2)12-11(9)13-14(15(12)20)19-8(6-17)7(5-16)18-13;1-7-2-3-8-9(4-7)12-13(14(8)19)18-11(6-16)10(5-15)17-12;1-7-3-2-4-8-11(7)14(19)13-12(8)17-9(5-15)10(6-16)18-13;2*14-6-1-2-7-8(3-6)13(19)12-11(7)17-9(4-15)10(5-16)18-12/h1-9H;3-4H,1-2H3;2*2-4H,1H3;2*1-3H. The van der Waals surface area contributed by atoms with Crippen molar-refractivity contribution >= 4 is 51.9 Å². The van der Waals surface area contributed by atoms with Gasteiger partial charge in [0.1, 0.15) is 158 Å². The highest BCUT2D eigenvalue weighted by Crippen LogP contribution is 2.46. The number of ketones is 5. The van der Waals surface area contributed by atoms with E-state index < -0.39 is 17.4 Å². The number of aromatic nitrogens is 12. The minimum atomic E-state index is -0.541. The molecule has 0 unspecified atom stereocenters. The van der Waals surface area contributed by atoms with Gasteiger partial charge in [0.25, 0.3) is 0 Å². The molecule has 0 fully saturated rings. The van der Waals surface area contributed by atoms with Crippen LogP contribution < -0.4 is 9.47 Å². The van der Waals surface area contributed by atoms with Gasteiger partial charge in [0, 0.05) is 60.7 Å². The van der Waals surface area contributed by atoms with Crippen molar-refractivity contribution in [3.8, 4) is 152 Å². The molecule has 19 rings (SSSR count). The molecule has 13 aromatic rings. The van der Waals surface area contributed by atoms with E-state index in [1.54, 1.807) is 78.9 Å². The van der Waals surface area contributed by atoms with Crippen LogP contribution in [0.1, 0.15) is 171 Å². The van der Waals surface area contributed by atoms with Crippen molar-refractivity contribution in [2.24, 2.45) is 4.99 Å². The fraction of sp³-hybridized carbons (Fsp3) is 0.0455. The number of ether oxygens (including phenoxy) is 2. The summed E-state index contributed by atoms with van der Waals surface area (Å²) in [6.07, 6.45) is 0. The van der Waals surface area contributed by atoms with Crippen LogP contribution >= 0.6 is 11.6 Å². The van der Waals surface area contributed by atoms with Gasteiger partial charge in [0.15, 0.2) is 68.3 Å². The van der Waals surface area contributed by atoms with Crippen molar-refractivity contribution in [2.75, 3.05) is 14.2 Å². The number of fused-ring (bicyclic) bond motifs is 18. The average Bonchev–Trinajstić information content (AvgIpc) is 1.56. The number of aliphatic imine (C=N–C) groups is 1. The molecule has 568 valence electrons. The molecule has 0 saturated heterocycles. The zero-order chi connectivity index (χ0) is 86.6. The second-order valence-corrected chi connectivity index (χ2v) is 26.1. The summed E-state index contributed by atoms with van der Waals surface area (Å²) in [5, 5.41) is 108. The maximum absolute atomic E-state index is 13.2. The van der Waals surface area contributed by atoms with Gasteiger partial charge in [0.05, 0.1) is 36.7 Å². The third kappa shape index (κ3) is 13.8. The molecular formula is C88H35ClFN25O7. The van der Waals surface area contributed by atoms with E-state index in [1.165, 1.54) is 32.4 Å². The number of carbonyl (C=O) groups excluding carboxylic acids is 5. The minimum absolute atomic E-state index is 0.0175. The van der Waals surface area contributed by atoms with Gasteiger partial charge < -0.3 is 9.47 Å². The highest BCUT2D eigenvalue weighted by atomic mass is 35.5. The lowest BCUT2D eigenvalue weighted by molar-refractivity contribution is 0.102. The molecule has 7 aromatic carbocycles. The SMILES string of the molecule is COc1ccc(OC)c2c1C(=O)c1nc(C#N)c(C#N)nc1-2.Cc1ccc2c(c1)-c1nc(C#N)c(C#N)nc1C2=O.Cc1cccc2c1C(=O)c1nc(C#N)c(C#N)nc1-2.N#Cc1nc2c(nc1C#N)-c1ccc(Cl)cc1C2=O.N#Cc1nc2c(nc1C#N)-c1ccc(F)cc1C2=O.N#Cc1nc2c(nc1C#N)-c1ccccc1C2=Nc1ccccc1. The normalized spacial score (nSPS) is 11.7. The first-order valence-electron chi connectivity index (χ1n) is 35.0. The topological polar surface area (TPSA) is 556 Å². The Bertz CT molecular complexity index is 7430. The number of nitriles is 12. The maximum Gasteiger partial charge on any atom is 0.218 e. The number of hydrogen-bond acceptors (Lipinski definition) is 32. The molecule has 6 aliphatic carbocycles. The molecule has 6 heterocycles. The van der Waals surface area contributed by atoms with Gasteiger partial charge in [-0.15, -0.1) is 0 Å². The lowest BCUT2D eigenvalue weighted by Gasteiger charge is -2.10. The fourth-order valence-corrected chi connectivity index (χ4v) is 13.6. The summed E-state index contributed by atoms with van der Waals surface area (Å²) >= 11 is 5.85. The molecule has 122 heavy (non-hydrogen) atoms. The van der Waals surface area contributed by atoms with Gasteiger partial charge in [-0.1, -0.05) is 96.0 Å². The van der Waals surface area contributed by atoms with E-state index in [-0.39, 0.29) is 137 Å². The molecule has 0 radical (unpaired) electrons. The summed E-state index contributed by atoms with van der Waals surface area (Å²) in [6, 6.07) is 61.5. The Kier molecular flexibility index (Phi) is 21.3. The van der Waals surface area contributed by atoms with Crippen molar-refractivity contribution in [3.05, 3.63) is 297 Å². The Morgan fingerprint density at radius 3 is 1.10 bits per heavy atom. The molecule has 0 spiro atoms. The van der Waals surface area contributed by atoms with Crippen molar-refractivity contribution in [1.29, 1.82) is 63.1 Å². The summed E-state index contributed by atoms with van der Waals surface area (Å²) in [7, 11) is 2.91. The number of methoxy groups -OCH3 is 2. The molecule has 34 heteroatoms. The van der Waals surface area contributed by atoms with Gasteiger partial charge in [-0.3, -0.25) is 24.0 Å². The predicted octanol–water partition coefficient (Wildman–Crippen LogP) is 12.0. The number of halogens is 2. The van der Waals surface area contributed by atoms with Crippen molar-refractivity contribution in [1.82, 2.24) is 59.8 Å². The number of nitrogens with zero attached hydrogens (tertiary/aromatic N) is 25. The minimum Gasteiger partial charge on any atom is -0.496 e. The zero-order valence-corrected chi connectivity index (χ0v) is 63.3. The van der Waals surface area contributed by atoms with E-state index in [4.69, 9.17) is 78.7 Å². The lowest BCUT2D eigenvalue weighted by atomic mass is 10.0. The predicted molar refractivity (Wildman–Crippen MR) is 418 cm³/mol. The second-order valence-electron chi connectivity index (χ2n) is 25.7. The van der Waals surface area contributed by atoms with Gasteiger partial charge in [0.2, 0.25) is 28.9 Å². The molecular weight excluding hydrogens is 1570 g/mol. The van der Waals surface area contributed by atoms with Crippen LogP contribution in [0.25, 0.3) is 67.5 Å². The van der Waals surface area contributed by atoms with Crippen LogP contribution in [0.2, 0.25) is 5.02 Å². The van der Waals surface area contributed by atoms with Crippen LogP contribution in [0, 0.1) is 156 Å². The summed E-state index contributed by atoms with van der Waals surface area (Å²) in [5.41, 5.74) is 11.6. The van der Waals surface area contributed by atoms with E-state index in [2.05, 4.69) is 59.8 Å². The monoisotopic (exact) mass is 1610 g/mol. The number of carbonyl (C=O) groups is 5. The van der Waals surface area contributed by atoms with Crippen LogP contribution in [0.3, 0.4) is 0 Å². The van der Waals surface area contributed by atoms with Crippen molar-refractivity contribution in [3.63, 3.8) is 0 Å². The maximum atomic E-state index is 13.2. The van der Waals surface area contributed by atoms with Crippen molar-refractivity contribution in [2.45, 2.75) is 13.8 Å². The zero-order valence-electron chi connectivity index (χ0n) is 62.6. The highest BCUT2D eigenvalue weighted by molar-refractivity contribution is 6.32. The fourth-order valence-electron chi connectivity index (χ4n) is 13.4. The molecule has 0 atom stereocenters. The van der Waals surface area contributed by atoms with Gasteiger partial charge >= 0.3 is 0 Å². The first kappa shape index (κ1) is 79.4. The van der Waals surface area contributed by atoms with Gasteiger partial charge in [-0.2, -0.15) is 63.1 Å². The smallest absolute Gasteiger partial charge is 0.218 e. The van der Waals surface area contributed by atoms with E-state index in [0.717, 1.165) is 34.0 Å². The number of benzene rings is 7. The Balaban J connectivity index is 0.000000120. The third-order valence-corrected chi connectivity index (χ3v) is 19.0. The number of hydrogen-bond donors (Lipinski definition) is 0. The van der Waals surface area contributed by atoms with Crippen LogP contribution in [-0.2, 0) is 0 Å². The highest BCUT2D eigenvalue weighted by Gasteiger charge is 2.40. The summed E-state index contributed by atoms with van der Waals surface area (Å²) < 4.78 is 23.6. The van der Waals surface area contributed by atoms with Crippen LogP contribution in [0.4, 0.5) is 10.1 Å².